The van der Waals surface area contributed by atoms with Gasteiger partial charge in [-0.05, 0) is 24.7 Å². The zero-order chi connectivity index (χ0) is 23.2. The molecule has 0 aromatic heterocycles. The molecule has 170 valence electrons. The summed E-state index contributed by atoms with van der Waals surface area (Å²) < 4.78 is 0. The van der Waals surface area contributed by atoms with Crippen LogP contribution in [0.3, 0.4) is 0 Å². The Morgan fingerprint density at radius 2 is 1.67 bits per heavy atom. The second-order valence-electron chi connectivity index (χ2n) is 8.26. The number of primary amides is 1. The van der Waals surface area contributed by atoms with Crippen LogP contribution in [-0.2, 0) is 24.0 Å². The number of hydrogen-bond donors (Lipinski definition) is 5. The molecule has 0 aromatic rings. The van der Waals surface area contributed by atoms with Crippen molar-refractivity contribution in [1.82, 2.24) is 15.5 Å². The number of rotatable bonds is 10. The highest BCUT2D eigenvalue weighted by Gasteiger charge is 2.40. The van der Waals surface area contributed by atoms with Crippen molar-refractivity contribution in [3.05, 3.63) is 0 Å². The number of carbonyl (C=O) groups excluding carboxylic acids is 4. The number of nitrogens with two attached hydrogens (primary N) is 2. The molecule has 1 saturated heterocycles. The number of carboxylic acids is 1. The van der Waals surface area contributed by atoms with Crippen LogP contribution in [0.1, 0.15) is 47.0 Å². The second-order valence-corrected chi connectivity index (χ2v) is 8.26. The van der Waals surface area contributed by atoms with Crippen molar-refractivity contribution in [2.45, 2.75) is 71.1 Å². The quantitative estimate of drug-likeness (QED) is 0.282. The standard InChI is InChI=1S/C19H33N5O6/c1-9(2)14(21)17(27)23-15(10(3)4)18(28)24-7-5-6-12(24)16(26)22-11(19(29)30)8-13(20)25/h9-12,14-15H,5-8,21H2,1-4H3,(H2,20,25)(H,22,26)(H,23,27)(H,29,30). The van der Waals surface area contributed by atoms with Gasteiger partial charge >= 0.3 is 5.97 Å². The van der Waals surface area contributed by atoms with Crippen LogP contribution in [0.15, 0.2) is 0 Å². The summed E-state index contributed by atoms with van der Waals surface area (Å²) in [6.45, 7) is 7.41. The van der Waals surface area contributed by atoms with Gasteiger partial charge in [0.1, 0.15) is 18.1 Å². The normalized spacial score (nSPS) is 19.3. The van der Waals surface area contributed by atoms with Crippen molar-refractivity contribution in [2.24, 2.45) is 23.3 Å². The molecule has 0 aliphatic carbocycles. The average molecular weight is 428 g/mol. The van der Waals surface area contributed by atoms with E-state index in [1.54, 1.807) is 27.7 Å². The summed E-state index contributed by atoms with van der Waals surface area (Å²) in [5, 5.41) is 14.1. The van der Waals surface area contributed by atoms with Crippen LogP contribution in [0.2, 0.25) is 0 Å². The number of likely N-dealkylation sites (tertiary alicyclic amines) is 1. The van der Waals surface area contributed by atoms with E-state index in [1.165, 1.54) is 4.90 Å². The van der Waals surface area contributed by atoms with Gasteiger partial charge < -0.3 is 32.1 Å². The monoisotopic (exact) mass is 427 g/mol. The third-order valence-corrected chi connectivity index (χ3v) is 5.11. The third kappa shape index (κ3) is 6.68. The highest BCUT2D eigenvalue weighted by Crippen LogP contribution is 2.21. The molecule has 1 aliphatic rings. The summed E-state index contributed by atoms with van der Waals surface area (Å²) in [5.74, 6) is -4.21. The van der Waals surface area contributed by atoms with Gasteiger partial charge in [0.05, 0.1) is 12.5 Å². The fraction of sp³-hybridized carbons (Fsp3) is 0.737. The van der Waals surface area contributed by atoms with E-state index in [4.69, 9.17) is 11.5 Å². The first-order valence-corrected chi connectivity index (χ1v) is 10.0. The molecule has 0 aromatic carbocycles. The second kappa shape index (κ2) is 10.9. The highest BCUT2D eigenvalue weighted by molar-refractivity contribution is 5.95. The minimum Gasteiger partial charge on any atom is -0.480 e. The number of carbonyl (C=O) groups is 5. The summed E-state index contributed by atoms with van der Waals surface area (Å²) in [7, 11) is 0. The lowest BCUT2D eigenvalue weighted by Crippen LogP contribution is -2.58. The Morgan fingerprint density at radius 3 is 2.13 bits per heavy atom. The van der Waals surface area contributed by atoms with E-state index in [9.17, 15) is 29.1 Å². The molecule has 1 rings (SSSR count). The van der Waals surface area contributed by atoms with Gasteiger partial charge in [0.2, 0.25) is 23.6 Å². The first-order chi connectivity index (χ1) is 13.9. The lowest BCUT2D eigenvalue weighted by molar-refractivity contribution is -0.146. The predicted molar refractivity (Wildman–Crippen MR) is 108 cm³/mol. The highest BCUT2D eigenvalue weighted by atomic mass is 16.4. The van der Waals surface area contributed by atoms with E-state index >= 15 is 0 Å². The Balaban J connectivity index is 2.94. The molecule has 7 N–H and O–H groups in total. The Morgan fingerprint density at radius 1 is 1.07 bits per heavy atom. The lowest BCUT2D eigenvalue weighted by Gasteiger charge is -2.31. The number of amides is 4. The summed E-state index contributed by atoms with van der Waals surface area (Å²) in [4.78, 5) is 61.8. The zero-order valence-electron chi connectivity index (χ0n) is 17.9. The van der Waals surface area contributed by atoms with Crippen LogP contribution < -0.4 is 22.1 Å². The maximum atomic E-state index is 13.1. The molecule has 30 heavy (non-hydrogen) atoms. The molecule has 1 aliphatic heterocycles. The SMILES string of the molecule is CC(C)C(N)C(=O)NC(C(=O)N1CCCC1C(=O)NC(CC(N)=O)C(=O)O)C(C)C. The van der Waals surface area contributed by atoms with Gasteiger partial charge in [-0.25, -0.2) is 4.79 Å². The molecular weight excluding hydrogens is 394 g/mol. The molecule has 1 fully saturated rings. The number of aliphatic carboxylic acids is 1. The van der Waals surface area contributed by atoms with Gasteiger partial charge in [0, 0.05) is 6.54 Å². The van der Waals surface area contributed by atoms with Crippen molar-refractivity contribution in [3.8, 4) is 0 Å². The van der Waals surface area contributed by atoms with Gasteiger partial charge in [-0.3, -0.25) is 19.2 Å². The Hall–Kier alpha value is -2.69. The topological polar surface area (TPSA) is 185 Å². The van der Waals surface area contributed by atoms with Crippen LogP contribution in [0.25, 0.3) is 0 Å². The molecule has 0 saturated carbocycles. The van der Waals surface area contributed by atoms with Crippen LogP contribution in [-0.4, -0.2) is 70.3 Å². The van der Waals surface area contributed by atoms with Crippen LogP contribution in [0, 0.1) is 11.8 Å². The van der Waals surface area contributed by atoms with Crippen molar-refractivity contribution in [2.75, 3.05) is 6.54 Å². The molecule has 0 radical (unpaired) electrons. The summed E-state index contributed by atoms with van der Waals surface area (Å²) >= 11 is 0. The summed E-state index contributed by atoms with van der Waals surface area (Å²) in [6.07, 6.45) is 0.325. The first-order valence-electron chi connectivity index (χ1n) is 10.0. The summed E-state index contributed by atoms with van der Waals surface area (Å²) in [6, 6.07) is -4.03. The molecular formula is C19H33N5O6. The van der Waals surface area contributed by atoms with Crippen LogP contribution in [0.5, 0.6) is 0 Å². The molecule has 0 spiro atoms. The Labute approximate surface area is 175 Å². The van der Waals surface area contributed by atoms with Crippen molar-refractivity contribution in [3.63, 3.8) is 0 Å². The fourth-order valence-electron chi connectivity index (χ4n) is 3.22. The van der Waals surface area contributed by atoms with E-state index < -0.39 is 60.2 Å². The predicted octanol–water partition coefficient (Wildman–Crippen LogP) is -1.45. The van der Waals surface area contributed by atoms with Crippen molar-refractivity contribution >= 4 is 29.6 Å². The molecule has 0 bridgehead atoms. The molecule has 11 heteroatoms. The van der Waals surface area contributed by atoms with Crippen molar-refractivity contribution < 1.29 is 29.1 Å². The van der Waals surface area contributed by atoms with E-state index in [2.05, 4.69) is 10.6 Å². The minimum atomic E-state index is -1.47. The van der Waals surface area contributed by atoms with Gasteiger partial charge in [-0.1, -0.05) is 27.7 Å². The van der Waals surface area contributed by atoms with Crippen LogP contribution >= 0.6 is 0 Å². The lowest BCUT2D eigenvalue weighted by atomic mass is 9.99. The number of nitrogens with zero attached hydrogens (tertiary/aromatic N) is 1. The van der Waals surface area contributed by atoms with E-state index in [0.717, 1.165) is 0 Å². The Bertz CT molecular complexity index is 680. The summed E-state index contributed by atoms with van der Waals surface area (Å²) in [5.41, 5.74) is 10.9. The number of nitrogens with one attached hydrogen (secondary N) is 2. The largest absolute Gasteiger partial charge is 0.480 e. The maximum absolute atomic E-state index is 13.1. The van der Waals surface area contributed by atoms with Crippen molar-refractivity contribution in [1.29, 1.82) is 0 Å². The maximum Gasteiger partial charge on any atom is 0.326 e. The number of hydrogen-bond acceptors (Lipinski definition) is 6. The number of carboxylic acid groups (broad SMARTS) is 1. The molecule has 11 nitrogen and oxygen atoms in total. The van der Waals surface area contributed by atoms with Gasteiger partial charge in [-0.2, -0.15) is 0 Å². The molecule has 4 amide bonds. The van der Waals surface area contributed by atoms with E-state index in [1.807, 2.05) is 0 Å². The molecule has 1 heterocycles. The zero-order valence-corrected chi connectivity index (χ0v) is 17.9. The van der Waals surface area contributed by atoms with Gasteiger partial charge in [0.25, 0.3) is 0 Å². The van der Waals surface area contributed by atoms with Gasteiger partial charge in [0.15, 0.2) is 0 Å². The van der Waals surface area contributed by atoms with Crippen LogP contribution in [0.4, 0.5) is 0 Å². The smallest absolute Gasteiger partial charge is 0.326 e. The fourth-order valence-corrected chi connectivity index (χ4v) is 3.22. The van der Waals surface area contributed by atoms with Gasteiger partial charge in [-0.15, -0.1) is 0 Å². The molecule has 4 atom stereocenters. The first kappa shape index (κ1) is 25.3. The minimum absolute atomic E-state index is 0.114. The Kier molecular flexibility index (Phi) is 9.22. The molecule has 4 unspecified atom stereocenters. The average Bonchev–Trinajstić information content (AvgIpc) is 3.13. The third-order valence-electron chi connectivity index (χ3n) is 5.11. The van der Waals surface area contributed by atoms with E-state index in [-0.39, 0.29) is 11.8 Å². The van der Waals surface area contributed by atoms with E-state index in [0.29, 0.717) is 19.4 Å².